The number of nitrogens with one attached hydrogen (secondary N) is 1. The fraction of sp³-hybridized carbons (Fsp3) is 0.538. The molecular weight excluding hydrogens is 202 g/mol. The van der Waals surface area contributed by atoms with Gasteiger partial charge in [0.1, 0.15) is 6.61 Å². The second-order valence-electron chi connectivity index (χ2n) is 3.99. The lowest BCUT2D eigenvalue weighted by Gasteiger charge is -2.11. The SMILES string of the molecule is CCNC1COc2c(OC)cc(CC)cc21. The Hall–Kier alpha value is -1.22. The molecule has 0 spiro atoms. The molecule has 0 saturated carbocycles. The van der Waals surface area contributed by atoms with Gasteiger partial charge in [-0.25, -0.2) is 0 Å². The van der Waals surface area contributed by atoms with Crippen LogP contribution in [0.25, 0.3) is 0 Å². The van der Waals surface area contributed by atoms with Gasteiger partial charge in [0.15, 0.2) is 11.5 Å². The van der Waals surface area contributed by atoms with Crippen LogP contribution in [0.15, 0.2) is 12.1 Å². The van der Waals surface area contributed by atoms with Crippen LogP contribution in [0.3, 0.4) is 0 Å². The van der Waals surface area contributed by atoms with E-state index in [9.17, 15) is 0 Å². The van der Waals surface area contributed by atoms with Gasteiger partial charge in [0.05, 0.1) is 13.2 Å². The molecule has 1 unspecified atom stereocenters. The first-order valence-electron chi connectivity index (χ1n) is 5.87. The van der Waals surface area contributed by atoms with Crippen molar-refractivity contribution in [3.05, 3.63) is 23.3 Å². The molecule has 0 aliphatic carbocycles. The van der Waals surface area contributed by atoms with Gasteiger partial charge in [-0.3, -0.25) is 0 Å². The molecule has 1 atom stereocenters. The fourth-order valence-electron chi connectivity index (χ4n) is 2.12. The van der Waals surface area contributed by atoms with Crippen molar-refractivity contribution in [3.8, 4) is 11.5 Å². The molecule has 0 bridgehead atoms. The molecule has 0 fully saturated rings. The first kappa shape index (κ1) is 11.3. The van der Waals surface area contributed by atoms with E-state index in [0.717, 1.165) is 24.5 Å². The van der Waals surface area contributed by atoms with Crippen molar-refractivity contribution in [2.75, 3.05) is 20.3 Å². The molecule has 1 aliphatic rings. The van der Waals surface area contributed by atoms with Crippen molar-refractivity contribution in [1.82, 2.24) is 5.32 Å². The van der Waals surface area contributed by atoms with Crippen LogP contribution in [0.5, 0.6) is 11.5 Å². The summed E-state index contributed by atoms with van der Waals surface area (Å²) in [7, 11) is 1.69. The van der Waals surface area contributed by atoms with Crippen molar-refractivity contribution in [2.24, 2.45) is 0 Å². The van der Waals surface area contributed by atoms with Crippen LogP contribution in [0.2, 0.25) is 0 Å². The highest BCUT2D eigenvalue weighted by Gasteiger charge is 2.26. The Bertz CT molecular complexity index is 376. The lowest BCUT2D eigenvalue weighted by molar-refractivity contribution is 0.297. The molecule has 3 nitrogen and oxygen atoms in total. The van der Waals surface area contributed by atoms with E-state index in [1.54, 1.807) is 7.11 Å². The van der Waals surface area contributed by atoms with E-state index in [0.29, 0.717) is 12.6 Å². The Balaban J connectivity index is 2.40. The minimum atomic E-state index is 0.306. The predicted molar refractivity (Wildman–Crippen MR) is 64.3 cm³/mol. The van der Waals surface area contributed by atoms with Gasteiger partial charge >= 0.3 is 0 Å². The second kappa shape index (κ2) is 4.74. The minimum Gasteiger partial charge on any atom is -0.493 e. The number of rotatable bonds is 4. The quantitative estimate of drug-likeness (QED) is 0.846. The monoisotopic (exact) mass is 221 g/mol. The molecule has 88 valence electrons. The summed E-state index contributed by atoms with van der Waals surface area (Å²) < 4.78 is 11.1. The number of benzene rings is 1. The first-order valence-corrected chi connectivity index (χ1v) is 5.87. The van der Waals surface area contributed by atoms with Gasteiger partial charge < -0.3 is 14.8 Å². The Kier molecular flexibility index (Phi) is 3.34. The lowest BCUT2D eigenvalue weighted by atomic mass is 10.0. The Morgan fingerprint density at radius 3 is 2.88 bits per heavy atom. The average Bonchev–Trinajstić information content (AvgIpc) is 2.72. The smallest absolute Gasteiger partial charge is 0.166 e. The van der Waals surface area contributed by atoms with E-state index in [-0.39, 0.29) is 0 Å². The normalized spacial score (nSPS) is 18.1. The minimum absolute atomic E-state index is 0.306. The van der Waals surface area contributed by atoms with Gasteiger partial charge in [0.25, 0.3) is 0 Å². The molecule has 0 saturated heterocycles. The highest BCUT2D eigenvalue weighted by molar-refractivity contribution is 5.53. The molecule has 1 aromatic carbocycles. The van der Waals surface area contributed by atoms with Gasteiger partial charge in [0, 0.05) is 5.56 Å². The number of aryl methyl sites for hydroxylation is 1. The third-order valence-corrected chi connectivity index (χ3v) is 2.99. The van der Waals surface area contributed by atoms with Crippen LogP contribution in [-0.2, 0) is 6.42 Å². The summed E-state index contributed by atoms with van der Waals surface area (Å²) in [6.07, 6.45) is 1.02. The summed E-state index contributed by atoms with van der Waals surface area (Å²) in [4.78, 5) is 0. The van der Waals surface area contributed by atoms with E-state index in [1.807, 2.05) is 0 Å². The Morgan fingerprint density at radius 2 is 2.25 bits per heavy atom. The van der Waals surface area contributed by atoms with Gasteiger partial charge in [-0.15, -0.1) is 0 Å². The molecule has 16 heavy (non-hydrogen) atoms. The summed E-state index contributed by atoms with van der Waals surface area (Å²) in [6.45, 7) is 5.91. The molecule has 1 heterocycles. The zero-order valence-corrected chi connectivity index (χ0v) is 10.2. The largest absolute Gasteiger partial charge is 0.493 e. The molecule has 0 amide bonds. The molecule has 1 N–H and O–H groups in total. The maximum Gasteiger partial charge on any atom is 0.166 e. The van der Waals surface area contributed by atoms with Crippen molar-refractivity contribution < 1.29 is 9.47 Å². The predicted octanol–water partition coefficient (Wildman–Crippen LogP) is 2.30. The maximum absolute atomic E-state index is 5.70. The van der Waals surface area contributed by atoms with E-state index in [4.69, 9.17) is 9.47 Å². The molecule has 3 heteroatoms. The van der Waals surface area contributed by atoms with Crippen LogP contribution in [-0.4, -0.2) is 20.3 Å². The summed E-state index contributed by atoms with van der Waals surface area (Å²) in [5.41, 5.74) is 2.53. The van der Waals surface area contributed by atoms with Crippen molar-refractivity contribution in [3.63, 3.8) is 0 Å². The van der Waals surface area contributed by atoms with Crippen molar-refractivity contribution >= 4 is 0 Å². The molecular formula is C13H19NO2. The molecule has 1 aromatic rings. The fourth-order valence-corrected chi connectivity index (χ4v) is 2.12. The zero-order valence-electron chi connectivity index (χ0n) is 10.2. The summed E-state index contributed by atoms with van der Waals surface area (Å²) in [5.74, 6) is 1.76. The van der Waals surface area contributed by atoms with E-state index < -0.39 is 0 Å². The number of likely N-dealkylation sites (N-methyl/N-ethyl adjacent to an activating group) is 1. The average molecular weight is 221 g/mol. The van der Waals surface area contributed by atoms with Crippen LogP contribution >= 0.6 is 0 Å². The van der Waals surface area contributed by atoms with Crippen LogP contribution in [0.4, 0.5) is 0 Å². The number of hydrogen-bond donors (Lipinski definition) is 1. The van der Waals surface area contributed by atoms with Gasteiger partial charge in [0.2, 0.25) is 0 Å². The van der Waals surface area contributed by atoms with Gasteiger partial charge in [-0.1, -0.05) is 19.9 Å². The second-order valence-corrected chi connectivity index (χ2v) is 3.99. The summed E-state index contributed by atoms with van der Waals surface area (Å²) in [6, 6.07) is 4.59. The molecule has 0 radical (unpaired) electrons. The number of fused-ring (bicyclic) bond motifs is 1. The molecule has 0 aromatic heterocycles. The molecule has 1 aliphatic heterocycles. The summed E-state index contributed by atoms with van der Waals surface area (Å²) >= 11 is 0. The van der Waals surface area contributed by atoms with E-state index in [1.165, 1.54) is 11.1 Å². The molecule has 2 rings (SSSR count). The van der Waals surface area contributed by atoms with Crippen molar-refractivity contribution in [2.45, 2.75) is 26.3 Å². The maximum atomic E-state index is 5.70. The van der Waals surface area contributed by atoms with Gasteiger partial charge in [-0.2, -0.15) is 0 Å². The van der Waals surface area contributed by atoms with Crippen LogP contribution in [0.1, 0.15) is 31.0 Å². The Morgan fingerprint density at radius 1 is 1.44 bits per heavy atom. The lowest BCUT2D eigenvalue weighted by Crippen LogP contribution is -2.21. The summed E-state index contributed by atoms with van der Waals surface area (Å²) in [5, 5.41) is 3.42. The highest BCUT2D eigenvalue weighted by Crippen LogP contribution is 2.41. The third-order valence-electron chi connectivity index (χ3n) is 2.99. The zero-order chi connectivity index (χ0) is 11.5. The number of methoxy groups -OCH3 is 1. The Labute approximate surface area is 96.8 Å². The topological polar surface area (TPSA) is 30.5 Å². The third kappa shape index (κ3) is 1.87. The van der Waals surface area contributed by atoms with Crippen LogP contribution < -0.4 is 14.8 Å². The standard InChI is InChI=1S/C13H19NO2/c1-4-9-6-10-11(14-5-2)8-16-13(10)12(7-9)15-3/h6-7,11,14H,4-5,8H2,1-3H3. The van der Waals surface area contributed by atoms with E-state index >= 15 is 0 Å². The van der Waals surface area contributed by atoms with Crippen LogP contribution in [0, 0.1) is 0 Å². The first-order chi connectivity index (χ1) is 7.80. The highest BCUT2D eigenvalue weighted by atomic mass is 16.5. The van der Waals surface area contributed by atoms with E-state index in [2.05, 4.69) is 31.3 Å². The number of hydrogen-bond acceptors (Lipinski definition) is 3. The van der Waals surface area contributed by atoms with Gasteiger partial charge in [-0.05, 0) is 24.6 Å². The number of ether oxygens (including phenoxy) is 2. The van der Waals surface area contributed by atoms with Crippen molar-refractivity contribution in [1.29, 1.82) is 0 Å².